The molecule has 0 aliphatic heterocycles. The highest BCUT2D eigenvalue weighted by atomic mass is 127. The summed E-state index contributed by atoms with van der Waals surface area (Å²) in [4.78, 5) is 0. The van der Waals surface area contributed by atoms with Crippen molar-refractivity contribution in [3.63, 3.8) is 0 Å². The van der Waals surface area contributed by atoms with Crippen molar-refractivity contribution in [1.82, 2.24) is 0 Å². The number of rotatable bonds is 4. The highest BCUT2D eigenvalue weighted by molar-refractivity contribution is 14.1. The Morgan fingerprint density at radius 1 is 1.24 bits per heavy atom. The average Bonchev–Trinajstić information content (AvgIpc) is 2.33. The Balaban J connectivity index is 1.77. The summed E-state index contributed by atoms with van der Waals surface area (Å²) in [5.74, 6) is 0.932. The lowest BCUT2D eigenvalue weighted by Crippen LogP contribution is -2.12. The molecule has 1 fully saturated rings. The van der Waals surface area contributed by atoms with Crippen molar-refractivity contribution >= 4 is 34.0 Å². The molecule has 0 amide bonds. The second-order valence-electron chi connectivity index (χ2n) is 4.95. The van der Waals surface area contributed by atoms with E-state index in [2.05, 4.69) is 40.0 Å². The highest BCUT2D eigenvalue weighted by Gasteiger charge is 2.12. The summed E-state index contributed by atoms with van der Waals surface area (Å²) >= 11 is 2.29. The molecule has 1 aromatic rings. The fourth-order valence-corrected chi connectivity index (χ4v) is 3.10. The van der Waals surface area contributed by atoms with Gasteiger partial charge < -0.3 is 11.1 Å². The van der Waals surface area contributed by atoms with Crippen molar-refractivity contribution in [2.24, 2.45) is 5.92 Å². The van der Waals surface area contributed by atoms with Crippen molar-refractivity contribution in [3.8, 4) is 0 Å². The van der Waals surface area contributed by atoms with Gasteiger partial charge in [-0.3, -0.25) is 0 Å². The van der Waals surface area contributed by atoms with Crippen LogP contribution in [-0.4, -0.2) is 6.54 Å². The van der Waals surface area contributed by atoms with Crippen LogP contribution in [0.15, 0.2) is 18.2 Å². The quantitative estimate of drug-likeness (QED) is 0.633. The first-order valence-corrected chi connectivity index (χ1v) is 7.62. The van der Waals surface area contributed by atoms with Crippen LogP contribution in [0.25, 0.3) is 0 Å². The maximum atomic E-state index is 5.97. The van der Waals surface area contributed by atoms with Gasteiger partial charge >= 0.3 is 0 Å². The molecule has 0 aromatic heterocycles. The lowest BCUT2D eigenvalue weighted by Gasteiger charge is -2.21. The standard InChI is InChI=1S/C14H21IN2/c15-12-6-7-14(13(16)10-12)17-9-8-11-4-2-1-3-5-11/h6-7,10-11,17H,1-5,8-9,16H2. The van der Waals surface area contributed by atoms with E-state index in [4.69, 9.17) is 5.73 Å². The van der Waals surface area contributed by atoms with Crippen molar-refractivity contribution < 1.29 is 0 Å². The van der Waals surface area contributed by atoms with Crippen LogP contribution in [0.5, 0.6) is 0 Å². The van der Waals surface area contributed by atoms with Gasteiger partial charge in [-0.05, 0) is 53.1 Å². The van der Waals surface area contributed by atoms with E-state index >= 15 is 0 Å². The minimum atomic E-state index is 0.862. The van der Waals surface area contributed by atoms with E-state index in [9.17, 15) is 0 Å². The van der Waals surface area contributed by atoms with Crippen LogP contribution >= 0.6 is 22.6 Å². The van der Waals surface area contributed by atoms with Crippen molar-refractivity contribution in [2.45, 2.75) is 38.5 Å². The maximum Gasteiger partial charge on any atom is 0.0574 e. The Morgan fingerprint density at radius 3 is 2.71 bits per heavy atom. The van der Waals surface area contributed by atoms with Crippen molar-refractivity contribution in [3.05, 3.63) is 21.8 Å². The van der Waals surface area contributed by atoms with Gasteiger partial charge in [0.1, 0.15) is 0 Å². The number of nitrogens with one attached hydrogen (secondary N) is 1. The van der Waals surface area contributed by atoms with Gasteiger partial charge in [-0.25, -0.2) is 0 Å². The normalized spacial score (nSPS) is 17.0. The number of hydrogen-bond donors (Lipinski definition) is 2. The Morgan fingerprint density at radius 2 is 2.00 bits per heavy atom. The molecule has 0 spiro atoms. The van der Waals surface area contributed by atoms with Crippen LogP contribution in [0.2, 0.25) is 0 Å². The number of hydrogen-bond acceptors (Lipinski definition) is 2. The van der Waals surface area contributed by atoms with Gasteiger partial charge in [0.25, 0.3) is 0 Å². The monoisotopic (exact) mass is 344 g/mol. The molecule has 94 valence electrons. The number of halogens is 1. The summed E-state index contributed by atoms with van der Waals surface area (Å²) in [6, 6.07) is 6.20. The summed E-state index contributed by atoms with van der Waals surface area (Å²) in [5, 5.41) is 3.46. The molecule has 0 saturated heterocycles. The minimum absolute atomic E-state index is 0.862. The van der Waals surface area contributed by atoms with Gasteiger partial charge in [0.05, 0.1) is 11.4 Å². The smallest absolute Gasteiger partial charge is 0.0574 e. The summed E-state index contributed by atoms with van der Waals surface area (Å²) < 4.78 is 1.19. The molecule has 0 atom stereocenters. The molecular weight excluding hydrogens is 323 g/mol. The zero-order valence-corrected chi connectivity index (χ0v) is 12.4. The third-order valence-corrected chi connectivity index (χ3v) is 4.28. The second kappa shape index (κ2) is 6.47. The summed E-state index contributed by atoms with van der Waals surface area (Å²) in [5.41, 5.74) is 7.92. The van der Waals surface area contributed by atoms with E-state index < -0.39 is 0 Å². The highest BCUT2D eigenvalue weighted by Crippen LogP contribution is 2.27. The van der Waals surface area contributed by atoms with E-state index in [1.54, 1.807) is 0 Å². The first kappa shape index (κ1) is 13.0. The fraction of sp³-hybridized carbons (Fsp3) is 0.571. The molecule has 3 N–H and O–H groups in total. The number of nitrogens with two attached hydrogens (primary N) is 1. The molecule has 0 unspecified atom stereocenters. The zero-order valence-electron chi connectivity index (χ0n) is 10.2. The number of nitrogen functional groups attached to an aromatic ring is 1. The molecule has 0 radical (unpaired) electrons. The SMILES string of the molecule is Nc1cc(I)ccc1NCCC1CCCCC1. The summed E-state index contributed by atoms with van der Waals surface area (Å²) in [7, 11) is 0. The van der Waals surface area contributed by atoms with Gasteiger partial charge in [0.15, 0.2) is 0 Å². The molecule has 1 aliphatic carbocycles. The largest absolute Gasteiger partial charge is 0.397 e. The molecule has 1 aromatic carbocycles. The van der Waals surface area contributed by atoms with Crippen molar-refractivity contribution in [1.29, 1.82) is 0 Å². The number of anilines is 2. The Hall–Kier alpha value is -0.450. The fourth-order valence-electron chi connectivity index (χ4n) is 2.58. The predicted octanol–water partition coefficient (Wildman–Crippen LogP) is 4.26. The second-order valence-corrected chi connectivity index (χ2v) is 6.20. The Kier molecular flexibility index (Phi) is 4.95. The molecule has 2 nitrogen and oxygen atoms in total. The van der Waals surface area contributed by atoms with Crippen LogP contribution in [0.3, 0.4) is 0 Å². The zero-order chi connectivity index (χ0) is 12.1. The molecule has 1 aliphatic rings. The van der Waals surface area contributed by atoms with Gasteiger partial charge in [-0.1, -0.05) is 32.1 Å². The molecule has 1 saturated carbocycles. The molecular formula is C14H21IN2. The van der Waals surface area contributed by atoms with Crippen LogP contribution in [0.4, 0.5) is 11.4 Å². The molecule has 3 heteroatoms. The van der Waals surface area contributed by atoms with E-state index in [1.807, 2.05) is 6.07 Å². The lowest BCUT2D eigenvalue weighted by molar-refractivity contribution is 0.345. The van der Waals surface area contributed by atoms with Crippen LogP contribution in [-0.2, 0) is 0 Å². The van der Waals surface area contributed by atoms with Crippen molar-refractivity contribution in [2.75, 3.05) is 17.6 Å². The Bertz CT molecular complexity index is 359. The maximum absolute atomic E-state index is 5.97. The molecule has 2 rings (SSSR count). The van der Waals surface area contributed by atoms with Gasteiger partial charge in [0, 0.05) is 10.1 Å². The predicted molar refractivity (Wildman–Crippen MR) is 83.3 cm³/mol. The third kappa shape index (κ3) is 4.05. The van der Waals surface area contributed by atoms with E-state index in [0.717, 1.165) is 23.8 Å². The first-order chi connectivity index (χ1) is 8.25. The minimum Gasteiger partial charge on any atom is -0.397 e. The topological polar surface area (TPSA) is 38.0 Å². The van der Waals surface area contributed by atoms with Gasteiger partial charge in [-0.15, -0.1) is 0 Å². The van der Waals surface area contributed by atoms with Gasteiger partial charge in [0.2, 0.25) is 0 Å². The molecule has 0 heterocycles. The Labute approximate surface area is 117 Å². The van der Waals surface area contributed by atoms with Gasteiger partial charge in [-0.2, -0.15) is 0 Å². The van der Waals surface area contributed by atoms with Crippen LogP contribution in [0.1, 0.15) is 38.5 Å². The average molecular weight is 344 g/mol. The summed E-state index contributed by atoms with van der Waals surface area (Å²) in [6.07, 6.45) is 8.42. The third-order valence-electron chi connectivity index (χ3n) is 3.61. The first-order valence-electron chi connectivity index (χ1n) is 6.54. The van der Waals surface area contributed by atoms with Crippen LogP contribution in [0, 0.1) is 9.49 Å². The molecule has 17 heavy (non-hydrogen) atoms. The van der Waals surface area contributed by atoms with E-state index in [1.165, 1.54) is 42.1 Å². The number of benzene rings is 1. The van der Waals surface area contributed by atoms with E-state index in [-0.39, 0.29) is 0 Å². The lowest BCUT2D eigenvalue weighted by atomic mass is 9.87. The van der Waals surface area contributed by atoms with Crippen LogP contribution < -0.4 is 11.1 Å². The molecule has 0 bridgehead atoms. The van der Waals surface area contributed by atoms with E-state index in [0.29, 0.717) is 0 Å². The summed E-state index contributed by atoms with van der Waals surface area (Å²) in [6.45, 7) is 1.05.